The average Bonchev–Trinajstić information content (AvgIpc) is 2.54. The fourth-order valence-corrected chi connectivity index (χ4v) is 4.02. The third kappa shape index (κ3) is 2.24. The fourth-order valence-electron chi connectivity index (χ4n) is 4.02. The lowest BCUT2D eigenvalue weighted by Gasteiger charge is -2.65. The third-order valence-corrected chi connectivity index (χ3v) is 5.47. The molecule has 6 heteroatoms. The van der Waals surface area contributed by atoms with Gasteiger partial charge in [0.2, 0.25) is 11.8 Å². The number of hydrogen-bond donors (Lipinski definition) is 3. The van der Waals surface area contributed by atoms with Gasteiger partial charge in [-0.05, 0) is 31.0 Å². The zero-order valence-electron chi connectivity index (χ0n) is 13.5. The minimum atomic E-state index is -0.985. The van der Waals surface area contributed by atoms with Gasteiger partial charge in [-0.25, -0.2) is 0 Å². The van der Waals surface area contributed by atoms with Crippen LogP contribution in [0.25, 0.3) is 0 Å². The summed E-state index contributed by atoms with van der Waals surface area (Å²) in [7, 11) is 0. The summed E-state index contributed by atoms with van der Waals surface area (Å²) < 4.78 is 5.82. The highest BCUT2D eigenvalue weighted by molar-refractivity contribution is 6.01. The van der Waals surface area contributed by atoms with Gasteiger partial charge in [-0.15, -0.1) is 0 Å². The van der Waals surface area contributed by atoms with Gasteiger partial charge in [-0.2, -0.15) is 0 Å². The number of carbonyl (C=O) groups excluding carboxylic acids is 2. The van der Waals surface area contributed by atoms with Gasteiger partial charge in [0.1, 0.15) is 5.54 Å². The largest absolute Gasteiger partial charge is 0.377 e. The number of benzene rings is 1. The molecular formula is C17H23N3O3. The zero-order valence-corrected chi connectivity index (χ0v) is 13.5. The Morgan fingerprint density at radius 3 is 2.78 bits per heavy atom. The second-order valence-corrected chi connectivity index (χ2v) is 7.03. The van der Waals surface area contributed by atoms with Crippen LogP contribution in [0.5, 0.6) is 0 Å². The summed E-state index contributed by atoms with van der Waals surface area (Å²) >= 11 is 0. The van der Waals surface area contributed by atoms with Crippen molar-refractivity contribution in [3.8, 4) is 0 Å². The van der Waals surface area contributed by atoms with Gasteiger partial charge in [0, 0.05) is 29.2 Å². The van der Waals surface area contributed by atoms with E-state index < -0.39 is 16.9 Å². The van der Waals surface area contributed by atoms with Crippen molar-refractivity contribution in [2.75, 3.05) is 11.9 Å². The van der Waals surface area contributed by atoms with Crippen LogP contribution in [0.1, 0.15) is 37.0 Å². The van der Waals surface area contributed by atoms with Gasteiger partial charge < -0.3 is 21.5 Å². The molecule has 1 aromatic carbocycles. The smallest absolute Gasteiger partial charge is 0.248 e. The van der Waals surface area contributed by atoms with E-state index in [-0.39, 0.29) is 17.9 Å². The van der Waals surface area contributed by atoms with Crippen LogP contribution in [-0.2, 0) is 9.53 Å². The predicted octanol–water partition coefficient (Wildman–Crippen LogP) is 1.26. The van der Waals surface area contributed by atoms with Crippen molar-refractivity contribution in [2.45, 2.75) is 38.3 Å². The first-order chi connectivity index (χ1) is 10.8. The Hall–Kier alpha value is -1.92. The van der Waals surface area contributed by atoms with Crippen LogP contribution in [0.15, 0.2) is 24.3 Å². The summed E-state index contributed by atoms with van der Waals surface area (Å²) in [6, 6.07) is 6.56. The Kier molecular flexibility index (Phi) is 3.69. The van der Waals surface area contributed by atoms with Crippen molar-refractivity contribution in [2.24, 2.45) is 22.8 Å². The normalized spacial score (nSPS) is 31.6. The van der Waals surface area contributed by atoms with E-state index >= 15 is 0 Å². The Balaban J connectivity index is 1.82. The number of rotatable bonds is 3. The topological polar surface area (TPSA) is 107 Å². The number of nitrogens with one attached hydrogen (secondary N) is 1. The highest BCUT2D eigenvalue weighted by Crippen LogP contribution is 2.57. The zero-order chi connectivity index (χ0) is 16.8. The fraction of sp³-hybridized carbons (Fsp3) is 0.529. The Bertz CT molecular complexity index is 658. The summed E-state index contributed by atoms with van der Waals surface area (Å²) in [6.07, 6.45) is 1.82. The number of anilines is 1. The summed E-state index contributed by atoms with van der Waals surface area (Å²) in [5.74, 6) is -0.755. The second kappa shape index (κ2) is 5.32. The number of hydrogen-bond acceptors (Lipinski definition) is 4. The van der Waals surface area contributed by atoms with Crippen LogP contribution < -0.4 is 16.8 Å². The van der Waals surface area contributed by atoms with E-state index in [9.17, 15) is 9.59 Å². The minimum absolute atomic E-state index is 0.0175. The second-order valence-electron chi connectivity index (χ2n) is 7.03. The van der Waals surface area contributed by atoms with Crippen LogP contribution in [-0.4, -0.2) is 30.1 Å². The van der Waals surface area contributed by atoms with E-state index in [0.717, 1.165) is 19.4 Å². The number of amides is 2. The number of fused-ring (bicyclic) bond motifs is 1. The lowest BCUT2D eigenvalue weighted by atomic mass is 9.46. The summed E-state index contributed by atoms with van der Waals surface area (Å²) in [5, 5.41) is 2.84. The molecule has 2 amide bonds. The quantitative estimate of drug-likeness (QED) is 0.780. The lowest BCUT2D eigenvalue weighted by molar-refractivity contribution is -0.222. The molecule has 1 saturated carbocycles. The first-order valence-corrected chi connectivity index (χ1v) is 7.90. The first-order valence-electron chi connectivity index (χ1n) is 7.90. The number of primary amides is 1. The maximum Gasteiger partial charge on any atom is 0.248 e. The molecule has 1 aliphatic heterocycles. The van der Waals surface area contributed by atoms with Crippen LogP contribution >= 0.6 is 0 Å². The SMILES string of the molecule is CC1(C)C2OCCCC2C1(N)C(=O)Nc1cccc(C(N)=O)c1. The highest BCUT2D eigenvalue weighted by Gasteiger charge is 2.70. The number of carbonyl (C=O) groups is 2. The predicted molar refractivity (Wildman–Crippen MR) is 86.8 cm³/mol. The molecule has 1 aliphatic carbocycles. The molecule has 0 radical (unpaired) electrons. The van der Waals surface area contributed by atoms with Gasteiger partial charge in [-0.1, -0.05) is 19.9 Å². The van der Waals surface area contributed by atoms with E-state index in [4.69, 9.17) is 16.2 Å². The molecule has 6 nitrogen and oxygen atoms in total. The molecule has 0 spiro atoms. The summed E-state index contributed by atoms with van der Waals surface area (Å²) in [5.41, 5.74) is 11.3. The molecule has 1 heterocycles. The van der Waals surface area contributed by atoms with E-state index in [1.807, 2.05) is 13.8 Å². The third-order valence-electron chi connectivity index (χ3n) is 5.47. The van der Waals surface area contributed by atoms with Gasteiger partial charge in [0.25, 0.3) is 0 Å². The molecule has 3 rings (SSSR count). The van der Waals surface area contributed by atoms with E-state index in [0.29, 0.717) is 11.3 Å². The maximum absolute atomic E-state index is 12.9. The highest BCUT2D eigenvalue weighted by atomic mass is 16.5. The van der Waals surface area contributed by atoms with Crippen LogP contribution in [0.2, 0.25) is 0 Å². The first kappa shape index (κ1) is 16.0. The standard InChI is InChI=1S/C17H23N3O3/c1-16(2)13-12(7-4-8-23-13)17(16,19)15(22)20-11-6-3-5-10(9-11)14(18)21/h3,5-6,9,12-13H,4,7-8,19H2,1-2H3,(H2,18,21)(H,20,22). The minimum Gasteiger partial charge on any atom is -0.377 e. The number of ether oxygens (including phenoxy) is 1. The van der Waals surface area contributed by atoms with Crippen molar-refractivity contribution in [3.63, 3.8) is 0 Å². The molecule has 2 fully saturated rings. The van der Waals surface area contributed by atoms with Crippen molar-refractivity contribution in [1.82, 2.24) is 0 Å². The van der Waals surface area contributed by atoms with Crippen molar-refractivity contribution < 1.29 is 14.3 Å². The summed E-state index contributed by atoms with van der Waals surface area (Å²) in [6.45, 7) is 4.67. The Morgan fingerprint density at radius 1 is 1.35 bits per heavy atom. The molecule has 0 bridgehead atoms. The van der Waals surface area contributed by atoms with Crippen molar-refractivity contribution >= 4 is 17.5 Å². The van der Waals surface area contributed by atoms with Crippen molar-refractivity contribution in [1.29, 1.82) is 0 Å². The van der Waals surface area contributed by atoms with Crippen LogP contribution in [0, 0.1) is 11.3 Å². The molecule has 3 atom stereocenters. The molecule has 1 saturated heterocycles. The molecule has 1 aromatic rings. The lowest BCUT2D eigenvalue weighted by Crippen LogP contribution is -2.81. The molecule has 23 heavy (non-hydrogen) atoms. The van der Waals surface area contributed by atoms with Gasteiger partial charge in [-0.3, -0.25) is 9.59 Å². The molecule has 124 valence electrons. The molecule has 3 unspecified atom stereocenters. The van der Waals surface area contributed by atoms with E-state index in [1.165, 1.54) is 0 Å². The number of nitrogens with two attached hydrogens (primary N) is 2. The summed E-state index contributed by atoms with van der Waals surface area (Å²) in [4.78, 5) is 24.1. The average molecular weight is 317 g/mol. The molecule has 5 N–H and O–H groups in total. The van der Waals surface area contributed by atoms with Gasteiger partial charge in [0.15, 0.2) is 0 Å². The molecule has 2 aliphatic rings. The maximum atomic E-state index is 12.9. The monoisotopic (exact) mass is 317 g/mol. The van der Waals surface area contributed by atoms with E-state index in [1.54, 1.807) is 24.3 Å². The molecular weight excluding hydrogens is 294 g/mol. The van der Waals surface area contributed by atoms with E-state index in [2.05, 4.69) is 5.32 Å². The van der Waals surface area contributed by atoms with Crippen molar-refractivity contribution in [3.05, 3.63) is 29.8 Å². The van der Waals surface area contributed by atoms with Crippen LogP contribution in [0.3, 0.4) is 0 Å². The Labute approximate surface area is 135 Å². The van der Waals surface area contributed by atoms with Gasteiger partial charge in [0.05, 0.1) is 6.10 Å². The molecule has 0 aromatic heterocycles. The Morgan fingerprint density at radius 2 is 2.09 bits per heavy atom. The van der Waals surface area contributed by atoms with Gasteiger partial charge >= 0.3 is 0 Å². The van der Waals surface area contributed by atoms with Crippen LogP contribution in [0.4, 0.5) is 5.69 Å².